The second kappa shape index (κ2) is 7.18. The van der Waals surface area contributed by atoms with Crippen molar-refractivity contribution < 1.29 is 4.79 Å². The van der Waals surface area contributed by atoms with Crippen molar-refractivity contribution >= 4 is 12.0 Å². The number of pyridine rings is 1. The molecule has 4 nitrogen and oxygen atoms in total. The first kappa shape index (κ1) is 12.9. The first-order valence-corrected chi connectivity index (χ1v) is 5.58. The van der Waals surface area contributed by atoms with Crippen LogP contribution in [-0.4, -0.2) is 17.4 Å². The van der Waals surface area contributed by atoms with Crippen LogP contribution in [0.25, 0.3) is 6.08 Å². The minimum atomic E-state index is -0.322. The molecule has 0 bridgehead atoms. The van der Waals surface area contributed by atoms with Crippen LogP contribution in [0.1, 0.15) is 25.3 Å². The second-order valence-electron chi connectivity index (χ2n) is 3.56. The number of unbranched alkanes of at least 4 members (excludes halogenated alkanes) is 1. The molecule has 0 aliphatic rings. The Labute approximate surface area is 101 Å². The average molecular weight is 229 g/mol. The zero-order valence-electron chi connectivity index (χ0n) is 9.81. The summed E-state index contributed by atoms with van der Waals surface area (Å²) in [4.78, 5) is 15.5. The molecule has 88 valence electrons. The lowest BCUT2D eigenvalue weighted by atomic mass is 10.1. The van der Waals surface area contributed by atoms with Gasteiger partial charge in [-0.2, -0.15) is 5.26 Å². The highest BCUT2D eigenvalue weighted by atomic mass is 16.1. The van der Waals surface area contributed by atoms with E-state index in [1.807, 2.05) is 13.0 Å². The van der Waals surface area contributed by atoms with Gasteiger partial charge in [0, 0.05) is 18.9 Å². The Hall–Kier alpha value is -2.15. The van der Waals surface area contributed by atoms with Crippen LogP contribution in [-0.2, 0) is 4.79 Å². The molecule has 0 aliphatic carbocycles. The van der Waals surface area contributed by atoms with Gasteiger partial charge in [-0.15, -0.1) is 0 Å². The Morgan fingerprint density at radius 2 is 2.24 bits per heavy atom. The highest BCUT2D eigenvalue weighted by molar-refractivity contribution is 6.01. The maximum atomic E-state index is 11.6. The third-order valence-electron chi connectivity index (χ3n) is 2.20. The summed E-state index contributed by atoms with van der Waals surface area (Å²) in [6.45, 7) is 2.65. The number of nitrogens with one attached hydrogen (secondary N) is 1. The van der Waals surface area contributed by atoms with Gasteiger partial charge in [0.05, 0.1) is 0 Å². The van der Waals surface area contributed by atoms with E-state index in [-0.39, 0.29) is 11.5 Å². The van der Waals surface area contributed by atoms with Crippen molar-refractivity contribution in [2.24, 2.45) is 0 Å². The first-order chi connectivity index (χ1) is 8.27. The second-order valence-corrected chi connectivity index (χ2v) is 3.56. The number of carbonyl (C=O) groups is 1. The molecule has 0 saturated carbocycles. The molecule has 1 amide bonds. The highest BCUT2D eigenvalue weighted by Gasteiger charge is 2.07. The molecule has 1 aromatic rings. The lowest BCUT2D eigenvalue weighted by molar-refractivity contribution is -0.117. The number of hydrogen-bond donors (Lipinski definition) is 1. The number of aromatic nitrogens is 1. The van der Waals surface area contributed by atoms with Gasteiger partial charge in [0.1, 0.15) is 11.6 Å². The van der Waals surface area contributed by atoms with Crippen molar-refractivity contribution in [1.29, 1.82) is 5.26 Å². The normalized spacial score (nSPS) is 10.7. The molecule has 0 saturated heterocycles. The summed E-state index contributed by atoms with van der Waals surface area (Å²) in [5, 5.41) is 11.6. The first-order valence-electron chi connectivity index (χ1n) is 5.58. The largest absolute Gasteiger partial charge is 0.351 e. The maximum absolute atomic E-state index is 11.6. The SMILES string of the molecule is CCCCNC(=O)/C(C#N)=C\c1ccncc1. The van der Waals surface area contributed by atoms with Crippen LogP contribution in [0, 0.1) is 11.3 Å². The van der Waals surface area contributed by atoms with E-state index < -0.39 is 0 Å². The van der Waals surface area contributed by atoms with Gasteiger partial charge in [-0.05, 0) is 30.2 Å². The van der Waals surface area contributed by atoms with Crippen molar-refractivity contribution in [3.8, 4) is 6.07 Å². The summed E-state index contributed by atoms with van der Waals surface area (Å²) in [7, 11) is 0. The molecule has 0 atom stereocenters. The fraction of sp³-hybridized carbons (Fsp3) is 0.308. The van der Waals surface area contributed by atoms with E-state index in [0.717, 1.165) is 18.4 Å². The lowest BCUT2D eigenvalue weighted by Gasteiger charge is -2.02. The van der Waals surface area contributed by atoms with E-state index in [1.54, 1.807) is 30.6 Å². The molecular weight excluding hydrogens is 214 g/mol. The molecule has 0 unspecified atom stereocenters. The van der Waals surface area contributed by atoms with Crippen LogP contribution in [0.5, 0.6) is 0 Å². The predicted octanol–water partition coefficient (Wildman–Crippen LogP) is 1.90. The van der Waals surface area contributed by atoms with Crippen LogP contribution in [0.2, 0.25) is 0 Å². The van der Waals surface area contributed by atoms with Crippen LogP contribution in [0.3, 0.4) is 0 Å². The summed E-state index contributed by atoms with van der Waals surface area (Å²) in [6.07, 6.45) is 6.73. The predicted molar refractivity (Wildman–Crippen MR) is 65.7 cm³/mol. The molecule has 17 heavy (non-hydrogen) atoms. The summed E-state index contributed by atoms with van der Waals surface area (Å²) >= 11 is 0. The van der Waals surface area contributed by atoms with E-state index in [9.17, 15) is 4.79 Å². The molecule has 1 N–H and O–H groups in total. The monoisotopic (exact) mass is 229 g/mol. The Morgan fingerprint density at radius 3 is 2.82 bits per heavy atom. The Kier molecular flexibility index (Phi) is 5.45. The zero-order chi connectivity index (χ0) is 12.5. The number of rotatable bonds is 5. The van der Waals surface area contributed by atoms with Crippen LogP contribution < -0.4 is 5.32 Å². The van der Waals surface area contributed by atoms with E-state index in [4.69, 9.17) is 5.26 Å². The van der Waals surface area contributed by atoms with Crippen molar-refractivity contribution in [2.75, 3.05) is 6.54 Å². The maximum Gasteiger partial charge on any atom is 0.261 e. The van der Waals surface area contributed by atoms with E-state index in [1.165, 1.54) is 0 Å². The van der Waals surface area contributed by atoms with Crippen LogP contribution >= 0.6 is 0 Å². The Bertz CT molecular complexity index is 432. The van der Waals surface area contributed by atoms with Gasteiger partial charge in [-0.3, -0.25) is 9.78 Å². The molecule has 1 aromatic heterocycles. The summed E-state index contributed by atoms with van der Waals surface area (Å²) in [5.41, 5.74) is 0.912. The van der Waals surface area contributed by atoms with Crippen molar-refractivity contribution in [1.82, 2.24) is 10.3 Å². The van der Waals surface area contributed by atoms with Crippen molar-refractivity contribution in [2.45, 2.75) is 19.8 Å². The Morgan fingerprint density at radius 1 is 1.53 bits per heavy atom. The van der Waals surface area contributed by atoms with Gasteiger partial charge in [0.2, 0.25) is 0 Å². The molecule has 0 spiro atoms. The standard InChI is InChI=1S/C13H15N3O/c1-2-3-6-16-13(17)12(10-14)9-11-4-7-15-8-5-11/h4-5,7-9H,2-3,6H2,1H3,(H,16,17)/b12-9-. The highest BCUT2D eigenvalue weighted by Crippen LogP contribution is 2.05. The molecule has 0 aromatic carbocycles. The third-order valence-corrected chi connectivity index (χ3v) is 2.20. The number of nitrogens with zero attached hydrogens (tertiary/aromatic N) is 2. The topological polar surface area (TPSA) is 65.8 Å². The fourth-order valence-electron chi connectivity index (χ4n) is 1.25. The summed E-state index contributed by atoms with van der Waals surface area (Å²) < 4.78 is 0. The average Bonchev–Trinajstić information content (AvgIpc) is 2.37. The van der Waals surface area contributed by atoms with E-state index >= 15 is 0 Å². The van der Waals surface area contributed by atoms with Gasteiger partial charge < -0.3 is 5.32 Å². The number of nitriles is 1. The molecule has 0 radical (unpaired) electrons. The van der Waals surface area contributed by atoms with E-state index in [2.05, 4.69) is 10.3 Å². The number of amides is 1. The van der Waals surface area contributed by atoms with Gasteiger partial charge in [-0.25, -0.2) is 0 Å². The molecule has 4 heteroatoms. The third kappa shape index (κ3) is 4.47. The van der Waals surface area contributed by atoms with Crippen molar-refractivity contribution in [3.05, 3.63) is 35.7 Å². The number of carbonyl (C=O) groups excluding carboxylic acids is 1. The minimum Gasteiger partial charge on any atom is -0.351 e. The molecule has 0 fully saturated rings. The summed E-state index contributed by atoms with van der Waals surface area (Å²) in [5.74, 6) is -0.322. The van der Waals surface area contributed by atoms with Crippen LogP contribution in [0.15, 0.2) is 30.1 Å². The van der Waals surface area contributed by atoms with Gasteiger partial charge >= 0.3 is 0 Å². The van der Waals surface area contributed by atoms with E-state index in [0.29, 0.717) is 6.54 Å². The molecular formula is C13H15N3O. The van der Waals surface area contributed by atoms with Gasteiger partial charge in [0.25, 0.3) is 5.91 Å². The molecule has 1 rings (SSSR count). The van der Waals surface area contributed by atoms with Gasteiger partial charge in [0.15, 0.2) is 0 Å². The molecule has 0 aliphatic heterocycles. The van der Waals surface area contributed by atoms with Crippen LogP contribution in [0.4, 0.5) is 0 Å². The Balaban J connectivity index is 2.69. The fourth-order valence-corrected chi connectivity index (χ4v) is 1.25. The zero-order valence-corrected chi connectivity index (χ0v) is 9.81. The summed E-state index contributed by atoms with van der Waals surface area (Å²) in [6, 6.07) is 5.40. The van der Waals surface area contributed by atoms with Gasteiger partial charge in [-0.1, -0.05) is 13.3 Å². The van der Waals surface area contributed by atoms with Crippen molar-refractivity contribution in [3.63, 3.8) is 0 Å². The number of hydrogen-bond acceptors (Lipinski definition) is 3. The molecule has 1 heterocycles. The smallest absolute Gasteiger partial charge is 0.261 e. The minimum absolute atomic E-state index is 0.118. The quantitative estimate of drug-likeness (QED) is 0.476. The lowest BCUT2D eigenvalue weighted by Crippen LogP contribution is -2.25.